The number of carbonyl (C=O) groups excluding carboxylic acids is 1. The summed E-state index contributed by atoms with van der Waals surface area (Å²) >= 11 is 0. The van der Waals surface area contributed by atoms with E-state index < -0.39 is 11.9 Å². The molecule has 140 valence electrons. The Hall–Kier alpha value is -3.48. The van der Waals surface area contributed by atoms with E-state index in [0.717, 1.165) is 22.5 Å². The maximum absolute atomic E-state index is 14.9. The van der Waals surface area contributed by atoms with Gasteiger partial charge in [0, 0.05) is 18.7 Å². The Kier molecular flexibility index (Phi) is 3.75. The van der Waals surface area contributed by atoms with Crippen LogP contribution in [0, 0.1) is 12.9 Å². The predicted octanol–water partition coefficient (Wildman–Crippen LogP) is 3.29. The maximum atomic E-state index is 14.9. The van der Waals surface area contributed by atoms with Gasteiger partial charge < -0.3 is 9.88 Å². The Morgan fingerprint density at radius 2 is 2.04 bits per heavy atom. The summed E-state index contributed by atoms with van der Waals surface area (Å²) in [5.41, 5.74) is 4.03. The van der Waals surface area contributed by atoms with Crippen molar-refractivity contribution in [1.29, 1.82) is 0 Å². The number of aryl methyl sites for hydroxylation is 1. The smallest absolute Gasteiger partial charge is 0.277 e. The highest BCUT2D eigenvalue weighted by atomic mass is 19.1. The van der Waals surface area contributed by atoms with Crippen molar-refractivity contribution >= 4 is 11.6 Å². The van der Waals surface area contributed by atoms with Gasteiger partial charge in [-0.3, -0.25) is 9.20 Å². The number of H-pyrrole nitrogens is 1. The lowest BCUT2D eigenvalue weighted by Crippen LogP contribution is -2.39. The molecular weight excluding hydrogens is 357 g/mol. The molecule has 0 spiro atoms. The zero-order chi connectivity index (χ0) is 19.3. The molecule has 1 N–H and O–H groups in total. The fourth-order valence-corrected chi connectivity index (χ4v) is 3.83. The fraction of sp³-hybridized carbons (Fsp3) is 0.190. The average molecular weight is 375 g/mol. The first-order valence-corrected chi connectivity index (χ1v) is 9.12. The van der Waals surface area contributed by atoms with Gasteiger partial charge in [0.2, 0.25) is 5.95 Å². The molecular formula is C21H18FN5O. The van der Waals surface area contributed by atoms with Crippen LogP contribution in [0.25, 0.3) is 5.65 Å². The zero-order valence-electron chi connectivity index (χ0n) is 15.3. The Labute approximate surface area is 160 Å². The quantitative estimate of drug-likeness (QED) is 0.585. The van der Waals surface area contributed by atoms with Crippen LogP contribution in [0.3, 0.4) is 0 Å². The number of carbonyl (C=O) groups is 1. The number of rotatable bonds is 2. The number of nitrogens with one attached hydrogen (secondary N) is 1. The first kappa shape index (κ1) is 16.7. The van der Waals surface area contributed by atoms with Crippen molar-refractivity contribution in [3.05, 3.63) is 89.1 Å². The second kappa shape index (κ2) is 6.30. The van der Waals surface area contributed by atoms with Crippen molar-refractivity contribution in [2.24, 2.45) is 0 Å². The van der Waals surface area contributed by atoms with Crippen LogP contribution in [0.4, 0.5) is 4.39 Å². The highest BCUT2D eigenvalue weighted by molar-refractivity contribution is 5.93. The van der Waals surface area contributed by atoms with Gasteiger partial charge in [-0.15, -0.1) is 0 Å². The van der Waals surface area contributed by atoms with Crippen LogP contribution in [0.15, 0.2) is 55.0 Å². The number of nitrogens with zero attached hydrogens (tertiary/aromatic N) is 4. The third kappa shape index (κ3) is 2.58. The number of amides is 1. The van der Waals surface area contributed by atoms with E-state index in [9.17, 15) is 9.18 Å². The van der Waals surface area contributed by atoms with E-state index in [1.54, 1.807) is 23.5 Å². The fourth-order valence-electron chi connectivity index (χ4n) is 3.83. The Balaban J connectivity index is 1.53. The number of aromatic amines is 1. The minimum Gasteiger partial charge on any atom is -0.347 e. The molecule has 0 radical (unpaired) electrons. The molecule has 6 nitrogen and oxygen atoms in total. The summed E-state index contributed by atoms with van der Waals surface area (Å²) in [6.45, 7) is 2.64. The first-order valence-electron chi connectivity index (χ1n) is 9.12. The Bertz CT molecular complexity index is 1180. The van der Waals surface area contributed by atoms with Crippen molar-refractivity contribution in [3.8, 4) is 0 Å². The molecule has 7 heteroatoms. The maximum Gasteiger partial charge on any atom is 0.277 e. The SMILES string of the molecule is Cc1ccc2nc(C(=O)N3Cc4[nH]cnc4C(c4ccccc4)C3)c(F)n2c1. The molecule has 1 aromatic carbocycles. The third-order valence-corrected chi connectivity index (χ3v) is 5.23. The van der Waals surface area contributed by atoms with Gasteiger partial charge in [0.25, 0.3) is 5.91 Å². The molecule has 28 heavy (non-hydrogen) atoms. The monoisotopic (exact) mass is 375 g/mol. The van der Waals surface area contributed by atoms with Gasteiger partial charge in [0.05, 0.1) is 24.3 Å². The number of pyridine rings is 1. The molecule has 1 amide bonds. The molecule has 1 atom stereocenters. The van der Waals surface area contributed by atoms with Crippen LogP contribution in [0.5, 0.6) is 0 Å². The van der Waals surface area contributed by atoms with Gasteiger partial charge in [0.1, 0.15) is 5.65 Å². The van der Waals surface area contributed by atoms with E-state index >= 15 is 0 Å². The Morgan fingerprint density at radius 3 is 2.86 bits per heavy atom. The number of hydrogen-bond acceptors (Lipinski definition) is 3. The van der Waals surface area contributed by atoms with Crippen molar-refractivity contribution in [2.75, 3.05) is 6.54 Å². The van der Waals surface area contributed by atoms with E-state index in [1.165, 1.54) is 4.40 Å². The second-order valence-electron chi connectivity index (χ2n) is 7.10. The van der Waals surface area contributed by atoms with E-state index in [0.29, 0.717) is 18.7 Å². The summed E-state index contributed by atoms with van der Waals surface area (Å²) in [6, 6.07) is 13.5. The lowest BCUT2D eigenvalue weighted by atomic mass is 9.91. The standard InChI is InChI=1S/C21H18FN5O/c1-13-7-8-17-25-19(20(22)27(17)9-13)21(28)26-10-15(14-5-3-2-4-6-14)18-16(11-26)23-12-24-18/h2-9,12,15H,10-11H2,1H3,(H,23,24). The first-order chi connectivity index (χ1) is 13.6. The van der Waals surface area contributed by atoms with Gasteiger partial charge in [-0.25, -0.2) is 9.97 Å². The molecule has 4 aromatic rings. The van der Waals surface area contributed by atoms with Crippen molar-refractivity contribution < 1.29 is 9.18 Å². The summed E-state index contributed by atoms with van der Waals surface area (Å²) in [5, 5.41) is 0. The molecule has 0 saturated carbocycles. The zero-order valence-corrected chi connectivity index (χ0v) is 15.3. The van der Waals surface area contributed by atoms with E-state index in [1.807, 2.05) is 43.3 Å². The minimum atomic E-state index is -0.629. The molecule has 0 fully saturated rings. The predicted molar refractivity (Wildman–Crippen MR) is 102 cm³/mol. The number of aromatic nitrogens is 4. The molecule has 0 aliphatic carbocycles. The van der Waals surface area contributed by atoms with Crippen molar-refractivity contribution in [2.45, 2.75) is 19.4 Å². The van der Waals surface area contributed by atoms with Crippen LogP contribution in [0.1, 0.15) is 38.9 Å². The van der Waals surface area contributed by atoms with Crippen LogP contribution in [-0.2, 0) is 6.54 Å². The highest BCUT2D eigenvalue weighted by Gasteiger charge is 2.34. The lowest BCUT2D eigenvalue weighted by molar-refractivity contribution is 0.0711. The molecule has 1 aliphatic rings. The van der Waals surface area contributed by atoms with E-state index in [2.05, 4.69) is 15.0 Å². The summed E-state index contributed by atoms with van der Waals surface area (Å²) in [5.74, 6) is -1.11. The minimum absolute atomic E-state index is 0.0671. The summed E-state index contributed by atoms with van der Waals surface area (Å²) in [7, 11) is 0. The van der Waals surface area contributed by atoms with Gasteiger partial charge in [0.15, 0.2) is 5.69 Å². The van der Waals surface area contributed by atoms with Crippen LogP contribution >= 0.6 is 0 Å². The summed E-state index contributed by atoms with van der Waals surface area (Å²) in [6.07, 6.45) is 3.29. The van der Waals surface area contributed by atoms with Gasteiger partial charge in [-0.2, -0.15) is 4.39 Å². The van der Waals surface area contributed by atoms with Crippen molar-refractivity contribution in [3.63, 3.8) is 0 Å². The summed E-state index contributed by atoms with van der Waals surface area (Å²) < 4.78 is 16.2. The molecule has 1 aliphatic heterocycles. The summed E-state index contributed by atoms with van der Waals surface area (Å²) in [4.78, 5) is 26.6. The van der Waals surface area contributed by atoms with Gasteiger partial charge >= 0.3 is 0 Å². The number of fused-ring (bicyclic) bond motifs is 2. The van der Waals surface area contributed by atoms with E-state index in [-0.39, 0.29) is 11.6 Å². The topological polar surface area (TPSA) is 66.3 Å². The van der Waals surface area contributed by atoms with Crippen LogP contribution in [0.2, 0.25) is 0 Å². The van der Waals surface area contributed by atoms with Gasteiger partial charge in [-0.05, 0) is 24.1 Å². The number of imidazole rings is 2. The Morgan fingerprint density at radius 1 is 1.21 bits per heavy atom. The molecule has 5 rings (SSSR count). The molecule has 0 bridgehead atoms. The third-order valence-electron chi connectivity index (χ3n) is 5.23. The van der Waals surface area contributed by atoms with Crippen molar-refractivity contribution in [1.82, 2.24) is 24.3 Å². The number of hydrogen-bond donors (Lipinski definition) is 1. The number of benzene rings is 1. The number of halogens is 1. The second-order valence-corrected chi connectivity index (χ2v) is 7.10. The molecule has 3 aromatic heterocycles. The largest absolute Gasteiger partial charge is 0.347 e. The molecule has 0 saturated heterocycles. The highest BCUT2D eigenvalue weighted by Crippen LogP contribution is 2.32. The average Bonchev–Trinajstić information content (AvgIpc) is 3.32. The van der Waals surface area contributed by atoms with Gasteiger partial charge in [-0.1, -0.05) is 36.4 Å². The lowest BCUT2D eigenvalue weighted by Gasteiger charge is -2.31. The van der Waals surface area contributed by atoms with Crippen LogP contribution in [-0.4, -0.2) is 36.7 Å². The van der Waals surface area contributed by atoms with E-state index in [4.69, 9.17) is 0 Å². The molecule has 1 unspecified atom stereocenters. The normalized spacial score (nSPS) is 16.4. The molecule has 4 heterocycles. The van der Waals surface area contributed by atoms with Crippen LogP contribution < -0.4 is 0 Å².